The number of aliphatic carboxylic acids is 2. The van der Waals surface area contributed by atoms with Crippen molar-refractivity contribution in [2.45, 2.75) is 63.6 Å². The SMILES string of the molecule is Cc1ccc2nc(C(=O)NCc3ccc(F)c(F)c3)nc(NC3CCCCC3N=C(N)N)c2c1.O=C(O)C(F)(F)F.O=C(O)C(F)(F)F. The summed E-state index contributed by atoms with van der Waals surface area (Å²) in [6.07, 6.45) is -6.41. The summed E-state index contributed by atoms with van der Waals surface area (Å²) < 4.78 is 90.1. The molecule has 1 aliphatic rings. The van der Waals surface area contributed by atoms with Crippen LogP contribution in [0.2, 0.25) is 0 Å². The number of carboxylic acids is 2. The zero-order chi connectivity index (χ0) is 36.4. The lowest BCUT2D eigenvalue weighted by molar-refractivity contribution is -0.193. The molecule has 2 unspecified atom stereocenters. The number of carbonyl (C=O) groups is 3. The number of benzene rings is 2. The number of nitrogens with one attached hydrogen (secondary N) is 2. The quantitative estimate of drug-likeness (QED) is 0.122. The standard InChI is InChI=1S/C24H27F2N7O.2C2HF3O2/c1-13-6-9-18-15(10-13)21(31-19-4-2-3-5-20(19)32-24(27)28)33-22(30-18)23(34)29-12-14-7-8-16(25)17(26)11-14;2*3-2(4,5)1(6)7/h6-11,19-20H,2-5,12H2,1H3,(H,29,34)(H4,27,28,32)(H,30,31,33);2*(H,6,7). The van der Waals surface area contributed by atoms with Crippen LogP contribution in [0.4, 0.5) is 40.9 Å². The van der Waals surface area contributed by atoms with Crippen molar-refractivity contribution >= 4 is 40.5 Å². The van der Waals surface area contributed by atoms with Crippen molar-refractivity contribution in [1.29, 1.82) is 0 Å². The van der Waals surface area contributed by atoms with Gasteiger partial charge >= 0.3 is 24.3 Å². The number of aliphatic imine (C=N–C) groups is 1. The van der Waals surface area contributed by atoms with Gasteiger partial charge in [-0.15, -0.1) is 0 Å². The van der Waals surface area contributed by atoms with Gasteiger partial charge in [0.1, 0.15) is 5.82 Å². The molecule has 0 spiro atoms. The van der Waals surface area contributed by atoms with Crippen LogP contribution in [0.25, 0.3) is 10.9 Å². The maximum atomic E-state index is 13.5. The average Bonchev–Trinajstić information content (AvgIpc) is 2.98. The molecule has 0 radical (unpaired) electrons. The van der Waals surface area contributed by atoms with E-state index in [-0.39, 0.29) is 30.4 Å². The van der Waals surface area contributed by atoms with Crippen LogP contribution < -0.4 is 22.1 Å². The molecule has 20 heteroatoms. The molecular formula is C28H29F8N7O5. The lowest BCUT2D eigenvalue weighted by Crippen LogP contribution is -2.38. The number of fused-ring (bicyclic) bond motifs is 1. The zero-order valence-corrected chi connectivity index (χ0v) is 24.8. The van der Waals surface area contributed by atoms with Crippen LogP contribution in [0.15, 0.2) is 41.4 Å². The van der Waals surface area contributed by atoms with E-state index in [0.717, 1.165) is 48.8 Å². The fourth-order valence-electron chi connectivity index (χ4n) is 4.17. The highest BCUT2D eigenvalue weighted by Gasteiger charge is 2.39. The first kappa shape index (κ1) is 38.9. The van der Waals surface area contributed by atoms with Crippen molar-refractivity contribution in [3.63, 3.8) is 0 Å². The zero-order valence-electron chi connectivity index (χ0n) is 24.8. The molecule has 1 fully saturated rings. The molecule has 8 N–H and O–H groups in total. The molecule has 0 aliphatic heterocycles. The maximum absolute atomic E-state index is 13.5. The van der Waals surface area contributed by atoms with Gasteiger partial charge in [-0.05, 0) is 49.6 Å². The number of aryl methyl sites for hydroxylation is 1. The van der Waals surface area contributed by atoms with Crippen LogP contribution in [-0.2, 0) is 16.1 Å². The summed E-state index contributed by atoms with van der Waals surface area (Å²) in [5, 5.41) is 21.2. The van der Waals surface area contributed by atoms with Gasteiger partial charge in [-0.1, -0.05) is 30.5 Å². The number of nitrogens with two attached hydrogens (primary N) is 2. The fourth-order valence-corrected chi connectivity index (χ4v) is 4.17. The Bertz CT molecular complexity index is 1620. The number of carbonyl (C=O) groups excluding carboxylic acids is 1. The van der Waals surface area contributed by atoms with Gasteiger partial charge in [0, 0.05) is 11.9 Å². The van der Waals surface area contributed by atoms with Gasteiger partial charge in [0.05, 0.1) is 17.6 Å². The number of halogens is 8. The molecule has 2 atom stereocenters. The van der Waals surface area contributed by atoms with Crippen molar-refractivity contribution < 1.29 is 59.7 Å². The number of hydrogen-bond acceptors (Lipinski definition) is 7. The Morgan fingerprint density at radius 1 is 0.896 bits per heavy atom. The van der Waals surface area contributed by atoms with E-state index in [2.05, 4.69) is 25.6 Å². The van der Waals surface area contributed by atoms with Crippen molar-refractivity contribution in [2.24, 2.45) is 16.5 Å². The number of amides is 1. The van der Waals surface area contributed by atoms with Gasteiger partial charge in [-0.2, -0.15) is 26.3 Å². The second kappa shape index (κ2) is 16.5. The number of aromatic nitrogens is 2. The predicted molar refractivity (Wildman–Crippen MR) is 155 cm³/mol. The van der Waals surface area contributed by atoms with Crippen molar-refractivity contribution in [2.75, 3.05) is 5.32 Å². The maximum Gasteiger partial charge on any atom is 0.490 e. The van der Waals surface area contributed by atoms with E-state index in [1.807, 2.05) is 25.1 Å². The van der Waals surface area contributed by atoms with E-state index in [0.29, 0.717) is 16.9 Å². The van der Waals surface area contributed by atoms with Gasteiger partial charge in [-0.25, -0.2) is 33.3 Å². The molecule has 1 heterocycles. The number of nitrogens with zero attached hydrogens (tertiary/aromatic N) is 3. The summed E-state index contributed by atoms with van der Waals surface area (Å²) >= 11 is 0. The molecule has 262 valence electrons. The molecular weight excluding hydrogens is 666 g/mol. The number of rotatable bonds is 6. The number of carboxylic acid groups (broad SMARTS) is 2. The summed E-state index contributed by atoms with van der Waals surface area (Å²) in [6.45, 7) is 1.97. The number of alkyl halides is 6. The topological polar surface area (TPSA) is 206 Å². The van der Waals surface area contributed by atoms with E-state index < -0.39 is 41.8 Å². The summed E-state index contributed by atoms with van der Waals surface area (Å²) in [7, 11) is 0. The summed E-state index contributed by atoms with van der Waals surface area (Å²) in [5.41, 5.74) is 13.3. The molecule has 12 nitrogen and oxygen atoms in total. The third-order valence-electron chi connectivity index (χ3n) is 6.34. The molecule has 1 aromatic heterocycles. The largest absolute Gasteiger partial charge is 0.490 e. The minimum atomic E-state index is -5.08. The lowest BCUT2D eigenvalue weighted by atomic mass is 9.90. The third kappa shape index (κ3) is 12.1. The smallest absolute Gasteiger partial charge is 0.475 e. The first-order valence-electron chi connectivity index (χ1n) is 13.6. The summed E-state index contributed by atoms with van der Waals surface area (Å²) in [5.74, 6) is -7.43. The van der Waals surface area contributed by atoms with E-state index >= 15 is 0 Å². The lowest BCUT2D eigenvalue weighted by Gasteiger charge is -2.30. The molecule has 0 saturated heterocycles. The molecule has 1 amide bonds. The second-order valence-corrected chi connectivity index (χ2v) is 10.1. The van der Waals surface area contributed by atoms with Gasteiger partial charge in [0.25, 0.3) is 5.91 Å². The van der Waals surface area contributed by atoms with Crippen molar-refractivity contribution in [1.82, 2.24) is 15.3 Å². The molecule has 48 heavy (non-hydrogen) atoms. The van der Waals surface area contributed by atoms with Gasteiger partial charge in [-0.3, -0.25) is 4.79 Å². The Kier molecular flexibility index (Phi) is 13.4. The third-order valence-corrected chi connectivity index (χ3v) is 6.34. The molecule has 2 aromatic carbocycles. The first-order chi connectivity index (χ1) is 22.2. The van der Waals surface area contributed by atoms with Gasteiger partial charge in [0.15, 0.2) is 17.6 Å². The molecule has 3 aromatic rings. The summed E-state index contributed by atoms with van der Waals surface area (Å²) in [4.78, 5) is 43.9. The molecule has 1 saturated carbocycles. The van der Waals surface area contributed by atoms with Crippen molar-refractivity contribution in [3.8, 4) is 0 Å². The fraction of sp³-hybridized carbons (Fsp3) is 0.357. The van der Waals surface area contributed by atoms with Crippen LogP contribution in [-0.4, -0.2) is 68.4 Å². The minimum Gasteiger partial charge on any atom is -0.475 e. The number of guanidine groups is 1. The van der Waals surface area contributed by atoms with E-state index in [1.54, 1.807) is 0 Å². The van der Waals surface area contributed by atoms with E-state index in [1.165, 1.54) is 6.07 Å². The highest BCUT2D eigenvalue weighted by molar-refractivity contribution is 5.96. The van der Waals surface area contributed by atoms with Crippen LogP contribution in [0.3, 0.4) is 0 Å². The Hall–Kier alpha value is -5.30. The number of hydrogen-bond donors (Lipinski definition) is 6. The van der Waals surface area contributed by atoms with Crippen LogP contribution >= 0.6 is 0 Å². The van der Waals surface area contributed by atoms with Crippen LogP contribution in [0.5, 0.6) is 0 Å². The van der Waals surface area contributed by atoms with Gasteiger partial charge < -0.3 is 32.3 Å². The monoisotopic (exact) mass is 695 g/mol. The second-order valence-electron chi connectivity index (χ2n) is 10.1. The van der Waals surface area contributed by atoms with Crippen molar-refractivity contribution in [3.05, 3.63) is 65.0 Å². The highest BCUT2D eigenvalue weighted by Crippen LogP contribution is 2.28. The first-order valence-corrected chi connectivity index (χ1v) is 13.6. The highest BCUT2D eigenvalue weighted by atomic mass is 19.4. The Morgan fingerprint density at radius 3 is 2.02 bits per heavy atom. The van der Waals surface area contributed by atoms with Crippen LogP contribution in [0.1, 0.15) is 47.4 Å². The average molecular weight is 696 g/mol. The minimum absolute atomic E-state index is 0.00325. The number of anilines is 1. The molecule has 1 aliphatic carbocycles. The molecule has 4 rings (SSSR count). The predicted octanol–water partition coefficient (Wildman–Crippen LogP) is 4.41. The van der Waals surface area contributed by atoms with Gasteiger partial charge in [0.2, 0.25) is 5.82 Å². The van der Waals surface area contributed by atoms with E-state index in [9.17, 15) is 39.9 Å². The van der Waals surface area contributed by atoms with E-state index in [4.69, 9.17) is 31.3 Å². The Balaban J connectivity index is 0.000000479. The van der Waals surface area contributed by atoms with Crippen LogP contribution in [0, 0.1) is 18.6 Å². The normalized spacial score (nSPS) is 15.9. The Morgan fingerprint density at radius 2 is 1.48 bits per heavy atom. The molecule has 0 bridgehead atoms. The summed E-state index contributed by atoms with van der Waals surface area (Å²) in [6, 6.07) is 9.02. The Labute approximate surface area is 266 Å².